The third kappa shape index (κ3) is 4.13. The maximum Gasteiger partial charge on any atom is 0.218 e. The molecule has 0 unspecified atom stereocenters. The number of anilines is 1. The molecule has 0 aliphatic rings. The molecule has 0 amide bonds. The van der Waals surface area contributed by atoms with Crippen LogP contribution in [0.25, 0.3) is 0 Å². The molecule has 0 bridgehead atoms. The average Bonchev–Trinajstić information content (AvgIpc) is 2.38. The Balaban J connectivity index is 1.97. The first kappa shape index (κ1) is 13.1. The minimum atomic E-state index is 0.0832. The maximum atomic E-state index is 9.20. The fourth-order valence-electron chi connectivity index (χ4n) is 1.55. The molecule has 0 aliphatic heterocycles. The third-order valence-corrected chi connectivity index (χ3v) is 2.41. The summed E-state index contributed by atoms with van der Waals surface area (Å²) in [6, 6.07) is 8.79. The van der Waals surface area contributed by atoms with Crippen molar-refractivity contribution in [3.05, 3.63) is 42.2 Å². The van der Waals surface area contributed by atoms with Crippen molar-refractivity contribution in [1.82, 2.24) is 9.97 Å². The largest absolute Gasteiger partial charge is 0.508 e. The Bertz CT molecular complexity index is 526. The van der Waals surface area contributed by atoms with Crippen molar-refractivity contribution >= 4 is 5.82 Å². The molecule has 0 fully saturated rings. The summed E-state index contributed by atoms with van der Waals surface area (Å²) in [4.78, 5) is 8.17. The second kappa shape index (κ2) is 6.04. The molecule has 1 aromatic carbocycles. The third-order valence-electron chi connectivity index (χ3n) is 2.41. The second-order valence-corrected chi connectivity index (χ2v) is 4.43. The van der Waals surface area contributed by atoms with Crippen molar-refractivity contribution in [2.24, 2.45) is 0 Å². The van der Waals surface area contributed by atoms with E-state index >= 15 is 0 Å². The Morgan fingerprint density at radius 1 is 1.21 bits per heavy atom. The molecule has 1 heterocycles. The lowest BCUT2D eigenvalue weighted by atomic mass is 10.2. The first-order valence-electron chi connectivity index (χ1n) is 6.14. The van der Waals surface area contributed by atoms with Crippen molar-refractivity contribution in [3.63, 3.8) is 0 Å². The van der Waals surface area contributed by atoms with E-state index in [1.54, 1.807) is 18.2 Å². The van der Waals surface area contributed by atoms with E-state index in [2.05, 4.69) is 15.3 Å². The molecule has 0 atom stereocenters. The standard InChI is InChI=1S/C14H17N3O2/c1-10(2)19-14-7-13(16-9-17-14)15-8-11-3-5-12(18)6-4-11/h3-7,9-10,18H,8H2,1-2H3,(H,15,16,17). The van der Waals surface area contributed by atoms with Gasteiger partial charge in [0.2, 0.25) is 5.88 Å². The molecule has 5 nitrogen and oxygen atoms in total. The molecule has 2 aromatic rings. The van der Waals surface area contributed by atoms with Gasteiger partial charge >= 0.3 is 0 Å². The molecule has 0 radical (unpaired) electrons. The molecule has 2 rings (SSSR count). The van der Waals surface area contributed by atoms with Crippen molar-refractivity contribution in [2.45, 2.75) is 26.5 Å². The Labute approximate surface area is 112 Å². The molecule has 0 saturated heterocycles. The van der Waals surface area contributed by atoms with E-state index in [0.717, 1.165) is 5.56 Å². The first-order chi connectivity index (χ1) is 9.13. The number of hydrogen-bond acceptors (Lipinski definition) is 5. The van der Waals surface area contributed by atoms with Crippen LogP contribution in [-0.2, 0) is 6.54 Å². The van der Waals surface area contributed by atoms with Crippen LogP contribution in [0.15, 0.2) is 36.7 Å². The molecule has 0 aliphatic carbocycles. The van der Waals surface area contributed by atoms with Gasteiger partial charge in [0.05, 0.1) is 6.10 Å². The molecule has 2 N–H and O–H groups in total. The highest BCUT2D eigenvalue weighted by molar-refractivity contribution is 5.38. The smallest absolute Gasteiger partial charge is 0.218 e. The van der Waals surface area contributed by atoms with Crippen molar-refractivity contribution in [2.75, 3.05) is 5.32 Å². The van der Waals surface area contributed by atoms with E-state index < -0.39 is 0 Å². The summed E-state index contributed by atoms with van der Waals surface area (Å²) in [6.07, 6.45) is 1.55. The van der Waals surface area contributed by atoms with E-state index in [1.807, 2.05) is 26.0 Å². The Morgan fingerprint density at radius 3 is 2.63 bits per heavy atom. The van der Waals surface area contributed by atoms with Crippen LogP contribution < -0.4 is 10.1 Å². The number of rotatable bonds is 5. The lowest BCUT2D eigenvalue weighted by Crippen LogP contribution is -2.08. The predicted molar refractivity (Wildman–Crippen MR) is 73.2 cm³/mol. The number of ether oxygens (including phenoxy) is 1. The quantitative estimate of drug-likeness (QED) is 0.863. The average molecular weight is 259 g/mol. The molecule has 0 spiro atoms. The van der Waals surface area contributed by atoms with Gasteiger partial charge in [-0.2, -0.15) is 0 Å². The fraction of sp³-hybridized carbons (Fsp3) is 0.286. The molecule has 5 heteroatoms. The van der Waals surface area contributed by atoms with E-state index in [1.165, 1.54) is 6.33 Å². The van der Waals surface area contributed by atoms with Crippen LogP contribution in [0, 0.1) is 0 Å². The van der Waals surface area contributed by atoms with Gasteiger partial charge in [-0.1, -0.05) is 12.1 Å². The molecule has 100 valence electrons. The topological polar surface area (TPSA) is 67.3 Å². The normalized spacial score (nSPS) is 10.5. The van der Waals surface area contributed by atoms with Crippen LogP contribution in [0.4, 0.5) is 5.82 Å². The Kier molecular flexibility index (Phi) is 4.18. The van der Waals surface area contributed by atoms with Crippen LogP contribution in [0.5, 0.6) is 11.6 Å². The maximum absolute atomic E-state index is 9.20. The van der Waals surface area contributed by atoms with Gasteiger partial charge in [-0.3, -0.25) is 0 Å². The monoisotopic (exact) mass is 259 g/mol. The van der Waals surface area contributed by atoms with Crippen molar-refractivity contribution in [1.29, 1.82) is 0 Å². The van der Waals surface area contributed by atoms with Crippen LogP contribution in [-0.4, -0.2) is 21.2 Å². The van der Waals surface area contributed by atoms with Gasteiger partial charge in [-0.05, 0) is 31.5 Å². The SMILES string of the molecule is CC(C)Oc1cc(NCc2ccc(O)cc2)ncn1. The van der Waals surface area contributed by atoms with E-state index in [9.17, 15) is 5.11 Å². The van der Waals surface area contributed by atoms with Crippen molar-refractivity contribution < 1.29 is 9.84 Å². The Morgan fingerprint density at radius 2 is 1.95 bits per heavy atom. The van der Waals surface area contributed by atoms with E-state index in [0.29, 0.717) is 18.2 Å². The van der Waals surface area contributed by atoms with Crippen molar-refractivity contribution in [3.8, 4) is 11.6 Å². The van der Waals surface area contributed by atoms with Gasteiger partial charge in [0, 0.05) is 12.6 Å². The number of aromatic nitrogens is 2. The zero-order valence-electron chi connectivity index (χ0n) is 11.0. The number of phenolic OH excluding ortho intramolecular Hbond substituents is 1. The molecular formula is C14H17N3O2. The summed E-state index contributed by atoms with van der Waals surface area (Å²) in [5.74, 6) is 1.52. The zero-order valence-corrected chi connectivity index (χ0v) is 11.0. The molecule has 19 heavy (non-hydrogen) atoms. The number of nitrogens with zero attached hydrogens (tertiary/aromatic N) is 2. The Hall–Kier alpha value is -2.30. The number of aromatic hydroxyl groups is 1. The summed E-state index contributed by atoms with van der Waals surface area (Å²) in [7, 11) is 0. The first-order valence-corrected chi connectivity index (χ1v) is 6.14. The number of phenols is 1. The highest BCUT2D eigenvalue weighted by Gasteiger charge is 2.02. The van der Waals surface area contributed by atoms with Gasteiger partial charge in [0.25, 0.3) is 0 Å². The summed E-state index contributed by atoms with van der Waals surface area (Å²) in [6.45, 7) is 4.52. The fourth-order valence-corrected chi connectivity index (χ4v) is 1.55. The lowest BCUT2D eigenvalue weighted by Gasteiger charge is -2.10. The summed E-state index contributed by atoms with van der Waals surface area (Å²) in [5.41, 5.74) is 1.06. The van der Waals surface area contributed by atoms with Gasteiger partial charge in [0.1, 0.15) is 17.9 Å². The predicted octanol–water partition coefficient (Wildman–Crippen LogP) is 2.58. The molecule has 0 saturated carbocycles. The zero-order chi connectivity index (χ0) is 13.7. The minimum Gasteiger partial charge on any atom is -0.508 e. The van der Waals surface area contributed by atoms with Crippen LogP contribution >= 0.6 is 0 Å². The van der Waals surface area contributed by atoms with Gasteiger partial charge in [0.15, 0.2) is 0 Å². The summed E-state index contributed by atoms with van der Waals surface area (Å²) in [5, 5.41) is 12.4. The lowest BCUT2D eigenvalue weighted by molar-refractivity contribution is 0.232. The molecule has 1 aromatic heterocycles. The summed E-state index contributed by atoms with van der Waals surface area (Å²) >= 11 is 0. The van der Waals surface area contributed by atoms with Crippen LogP contribution in [0.3, 0.4) is 0 Å². The van der Waals surface area contributed by atoms with Crippen LogP contribution in [0.1, 0.15) is 19.4 Å². The number of benzene rings is 1. The number of nitrogens with one attached hydrogen (secondary N) is 1. The minimum absolute atomic E-state index is 0.0832. The van der Waals surface area contributed by atoms with Gasteiger partial charge in [-0.25, -0.2) is 9.97 Å². The van der Waals surface area contributed by atoms with E-state index in [4.69, 9.17) is 4.74 Å². The van der Waals surface area contributed by atoms with Crippen LogP contribution in [0.2, 0.25) is 0 Å². The summed E-state index contributed by atoms with van der Waals surface area (Å²) < 4.78 is 5.50. The van der Waals surface area contributed by atoms with E-state index in [-0.39, 0.29) is 11.9 Å². The van der Waals surface area contributed by atoms with Gasteiger partial charge < -0.3 is 15.2 Å². The number of hydrogen-bond donors (Lipinski definition) is 2. The second-order valence-electron chi connectivity index (χ2n) is 4.43. The molecular weight excluding hydrogens is 242 g/mol. The highest BCUT2D eigenvalue weighted by atomic mass is 16.5. The van der Waals surface area contributed by atoms with Gasteiger partial charge in [-0.15, -0.1) is 0 Å². The highest BCUT2D eigenvalue weighted by Crippen LogP contribution is 2.14.